The summed E-state index contributed by atoms with van der Waals surface area (Å²) in [7, 11) is -3.00. The Labute approximate surface area is 147 Å². The highest BCUT2D eigenvalue weighted by Gasteiger charge is 2.23. The Morgan fingerprint density at radius 3 is 2.58 bits per heavy atom. The molecule has 0 aromatic carbocycles. The molecule has 0 radical (unpaired) electrons. The van der Waals surface area contributed by atoms with Gasteiger partial charge in [0.05, 0.1) is 23.9 Å². The van der Waals surface area contributed by atoms with E-state index in [1.54, 1.807) is 12.3 Å². The fraction of sp³-hybridized carbons (Fsp3) is 0.333. The molecule has 3 aromatic rings. The van der Waals surface area contributed by atoms with Crippen LogP contribution in [0.2, 0.25) is 0 Å². The number of imidazole rings is 1. The zero-order valence-electron chi connectivity index (χ0n) is 13.5. The van der Waals surface area contributed by atoms with Crippen LogP contribution in [-0.4, -0.2) is 57.3 Å². The van der Waals surface area contributed by atoms with Crippen LogP contribution in [0, 0.1) is 0 Å². The van der Waals surface area contributed by atoms with Gasteiger partial charge in [0.2, 0.25) is 0 Å². The topological polar surface area (TPSA) is 93.4 Å². The molecule has 0 amide bonds. The largest absolute Gasteiger partial charge is 0.354 e. The van der Waals surface area contributed by atoms with Crippen molar-refractivity contribution in [1.29, 1.82) is 0 Å². The molecule has 0 N–H and O–H groups in total. The lowest BCUT2D eigenvalue weighted by Gasteiger charge is -2.27. The van der Waals surface area contributed by atoms with E-state index in [1.165, 1.54) is 23.0 Å². The van der Waals surface area contributed by atoms with E-state index in [0.717, 1.165) is 0 Å². The average molecular weight is 380 g/mol. The highest BCUT2D eigenvalue weighted by atomic mass is 32.2. The minimum atomic E-state index is -3.00. The molecule has 0 unspecified atom stereocenters. The molecule has 1 fully saturated rings. The lowest BCUT2D eigenvalue weighted by molar-refractivity contribution is 0.145. The van der Waals surface area contributed by atoms with E-state index in [2.05, 4.69) is 19.9 Å². The molecule has 0 spiro atoms. The van der Waals surface area contributed by atoms with Crippen LogP contribution >= 0.6 is 0 Å². The van der Waals surface area contributed by atoms with Crippen LogP contribution in [0.25, 0.3) is 17.2 Å². The molecule has 3 aromatic heterocycles. The summed E-state index contributed by atoms with van der Waals surface area (Å²) in [6.07, 6.45) is 2.83. The van der Waals surface area contributed by atoms with E-state index in [1.807, 2.05) is 4.90 Å². The van der Waals surface area contributed by atoms with E-state index in [9.17, 15) is 17.2 Å². The number of fused-ring (bicyclic) bond motifs is 1. The maximum Gasteiger partial charge on any atom is 0.281 e. The van der Waals surface area contributed by atoms with Crippen molar-refractivity contribution in [2.75, 3.05) is 29.5 Å². The molecule has 0 saturated carbocycles. The lowest BCUT2D eigenvalue weighted by Crippen LogP contribution is -2.40. The Hall–Kier alpha value is -2.69. The fourth-order valence-corrected chi connectivity index (χ4v) is 3.97. The third kappa shape index (κ3) is 3.09. The molecular formula is C15H14F2N6O2S. The number of rotatable bonds is 3. The number of alkyl halides is 2. The van der Waals surface area contributed by atoms with Crippen molar-refractivity contribution in [3.63, 3.8) is 0 Å². The summed E-state index contributed by atoms with van der Waals surface area (Å²) < 4.78 is 50.5. The summed E-state index contributed by atoms with van der Waals surface area (Å²) in [5.41, 5.74) is 0.493. The highest BCUT2D eigenvalue weighted by Crippen LogP contribution is 2.23. The van der Waals surface area contributed by atoms with Crippen LogP contribution in [-0.2, 0) is 9.84 Å². The van der Waals surface area contributed by atoms with E-state index in [4.69, 9.17) is 0 Å². The molecule has 0 bridgehead atoms. The first-order chi connectivity index (χ1) is 12.4. The molecule has 1 saturated heterocycles. The van der Waals surface area contributed by atoms with Gasteiger partial charge in [-0.2, -0.15) is 0 Å². The molecule has 1 aliphatic heterocycles. The van der Waals surface area contributed by atoms with Crippen LogP contribution < -0.4 is 4.90 Å². The SMILES string of the molecule is O=S1(=O)CCN(c2ccnc(-c3cnc4cnc(C(F)F)cn34)n2)CC1. The van der Waals surface area contributed by atoms with E-state index < -0.39 is 16.3 Å². The summed E-state index contributed by atoms with van der Waals surface area (Å²) in [6, 6.07) is 1.69. The smallest absolute Gasteiger partial charge is 0.281 e. The first-order valence-corrected chi connectivity index (χ1v) is 9.65. The van der Waals surface area contributed by atoms with Gasteiger partial charge in [0.15, 0.2) is 21.3 Å². The Bertz CT molecular complexity index is 1050. The van der Waals surface area contributed by atoms with Crippen molar-refractivity contribution in [2.45, 2.75) is 6.43 Å². The van der Waals surface area contributed by atoms with E-state index in [-0.39, 0.29) is 17.2 Å². The summed E-state index contributed by atoms with van der Waals surface area (Å²) in [4.78, 5) is 18.3. The summed E-state index contributed by atoms with van der Waals surface area (Å²) >= 11 is 0. The number of aromatic nitrogens is 5. The molecule has 0 aliphatic carbocycles. The van der Waals surface area contributed by atoms with E-state index in [0.29, 0.717) is 36.1 Å². The number of halogens is 2. The van der Waals surface area contributed by atoms with Crippen molar-refractivity contribution in [2.24, 2.45) is 0 Å². The van der Waals surface area contributed by atoms with Gasteiger partial charge in [0.25, 0.3) is 6.43 Å². The highest BCUT2D eigenvalue weighted by molar-refractivity contribution is 7.91. The Balaban J connectivity index is 1.71. The average Bonchev–Trinajstić information content (AvgIpc) is 3.05. The van der Waals surface area contributed by atoms with Crippen LogP contribution in [0.5, 0.6) is 0 Å². The quantitative estimate of drug-likeness (QED) is 0.677. The molecule has 26 heavy (non-hydrogen) atoms. The van der Waals surface area contributed by atoms with Gasteiger partial charge < -0.3 is 4.90 Å². The second-order valence-corrected chi connectivity index (χ2v) is 8.17. The number of sulfone groups is 1. The number of hydrogen-bond donors (Lipinski definition) is 0. The zero-order valence-corrected chi connectivity index (χ0v) is 14.3. The first-order valence-electron chi connectivity index (χ1n) is 7.83. The predicted octanol–water partition coefficient (Wildman–Crippen LogP) is 1.36. The second-order valence-electron chi connectivity index (χ2n) is 5.86. The number of anilines is 1. The molecule has 1 aliphatic rings. The van der Waals surface area contributed by atoms with Crippen molar-refractivity contribution in [3.8, 4) is 11.5 Å². The first kappa shape index (κ1) is 16.8. The Kier molecular flexibility index (Phi) is 4.02. The Morgan fingerprint density at radius 2 is 1.85 bits per heavy atom. The monoisotopic (exact) mass is 380 g/mol. The van der Waals surface area contributed by atoms with Crippen molar-refractivity contribution >= 4 is 21.3 Å². The van der Waals surface area contributed by atoms with Gasteiger partial charge in [0.1, 0.15) is 17.2 Å². The van der Waals surface area contributed by atoms with Crippen LogP contribution in [0.1, 0.15) is 12.1 Å². The Morgan fingerprint density at radius 1 is 1.08 bits per heavy atom. The standard InChI is InChI=1S/C15H14F2N6O2S/c16-14(17)10-9-23-11(7-20-13(23)8-19-10)15-18-2-1-12(21-15)22-3-5-26(24,25)6-4-22/h1-2,7-9,14H,3-6H2. The molecule has 136 valence electrons. The van der Waals surface area contributed by atoms with Crippen molar-refractivity contribution in [3.05, 3.63) is 36.5 Å². The number of nitrogens with zero attached hydrogens (tertiary/aromatic N) is 6. The summed E-state index contributed by atoms with van der Waals surface area (Å²) in [5.74, 6) is 1.05. The molecule has 4 rings (SSSR count). The summed E-state index contributed by atoms with van der Waals surface area (Å²) in [5, 5.41) is 0. The zero-order chi connectivity index (χ0) is 18.3. The summed E-state index contributed by atoms with van der Waals surface area (Å²) in [6.45, 7) is 0.705. The maximum absolute atomic E-state index is 12.9. The van der Waals surface area contributed by atoms with Gasteiger partial charge in [-0.05, 0) is 6.07 Å². The lowest BCUT2D eigenvalue weighted by atomic mass is 10.4. The van der Waals surface area contributed by atoms with Gasteiger partial charge in [-0.25, -0.2) is 37.1 Å². The van der Waals surface area contributed by atoms with E-state index >= 15 is 0 Å². The van der Waals surface area contributed by atoms with Crippen molar-refractivity contribution < 1.29 is 17.2 Å². The second kappa shape index (κ2) is 6.24. The van der Waals surface area contributed by atoms with Gasteiger partial charge in [-0.1, -0.05) is 0 Å². The minimum Gasteiger partial charge on any atom is -0.354 e. The van der Waals surface area contributed by atoms with Crippen LogP contribution in [0.4, 0.5) is 14.6 Å². The maximum atomic E-state index is 12.9. The molecule has 0 atom stereocenters. The molecule has 4 heterocycles. The van der Waals surface area contributed by atoms with Crippen LogP contribution in [0.15, 0.2) is 30.9 Å². The van der Waals surface area contributed by atoms with Gasteiger partial charge >= 0.3 is 0 Å². The minimum absolute atomic E-state index is 0.0748. The number of hydrogen-bond acceptors (Lipinski definition) is 7. The molecule has 11 heteroatoms. The third-order valence-corrected chi connectivity index (χ3v) is 5.79. The molecule has 8 nitrogen and oxygen atoms in total. The normalized spacial score (nSPS) is 17.1. The van der Waals surface area contributed by atoms with Gasteiger partial charge in [-0.15, -0.1) is 0 Å². The van der Waals surface area contributed by atoms with Crippen molar-refractivity contribution in [1.82, 2.24) is 24.3 Å². The fourth-order valence-electron chi connectivity index (χ4n) is 2.77. The van der Waals surface area contributed by atoms with Crippen LogP contribution in [0.3, 0.4) is 0 Å². The molecular weight excluding hydrogens is 366 g/mol. The van der Waals surface area contributed by atoms with Gasteiger partial charge in [0, 0.05) is 25.5 Å². The predicted molar refractivity (Wildman–Crippen MR) is 89.8 cm³/mol. The van der Waals surface area contributed by atoms with Gasteiger partial charge in [-0.3, -0.25) is 4.40 Å². The third-order valence-electron chi connectivity index (χ3n) is 4.18.